The molecule has 0 bridgehead atoms. The molecule has 0 spiro atoms. The van der Waals surface area contributed by atoms with Crippen molar-refractivity contribution >= 4 is 28.7 Å². The molecular formula is C12H11FN4O2S. The summed E-state index contributed by atoms with van der Waals surface area (Å²) in [4.78, 5) is 11.5. The number of hydrogen-bond donors (Lipinski definition) is 1. The number of nitrogens with one attached hydrogen (secondary N) is 1. The number of aromatic nitrogens is 2. The Labute approximate surface area is 118 Å². The summed E-state index contributed by atoms with van der Waals surface area (Å²) in [6, 6.07) is 5.96. The molecule has 2 rings (SSSR count). The predicted octanol–water partition coefficient (Wildman–Crippen LogP) is 2.30. The number of halogens is 1. The van der Waals surface area contributed by atoms with Crippen LogP contribution in [0.1, 0.15) is 23.0 Å². The smallest absolute Gasteiger partial charge is 0.362 e. The number of benzene rings is 1. The van der Waals surface area contributed by atoms with Gasteiger partial charge >= 0.3 is 5.97 Å². The Morgan fingerprint density at radius 1 is 1.60 bits per heavy atom. The SMILES string of the molecule is CCOC(=O)c1nnsc1NN=Cc1cccc(F)c1. The van der Waals surface area contributed by atoms with Crippen LogP contribution in [0.2, 0.25) is 0 Å². The van der Waals surface area contributed by atoms with Crippen molar-refractivity contribution in [1.29, 1.82) is 0 Å². The van der Waals surface area contributed by atoms with Gasteiger partial charge in [-0.1, -0.05) is 16.6 Å². The summed E-state index contributed by atoms with van der Waals surface area (Å²) in [5, 5.41) is 7.95. The zero-order valence-corrected chi connectivity index (χ0v) is 11.4. The normalized spacial score (nSPS) is 10.7. The van der Waals surface area contributed by atoms with Crippen molar-refractivity contribution in [2.75, 3.05) is 12.0 Å². The fourth-order valence-corrected chi connectivity index (χ4v) is 1.86. The fourth-order valence-electron chi connectivity index (χ4n) is 1.35. The van der Waals surface area contributed by atoms with Crippen molar-refractivity contribution in [2.24, 2.45) is 5.10 Å². The van der Waals surface area contributed by atoms with Crippen molar-refractivity contribution in [3.8, 4) is 0 Å². The third-order valence-corrected chi connectivity index (χ3v) is 2.82. The number of esters is 1. The van der Waals surface area contributed by atoms with Crippen molar-refractivity contribution in [2.45, 2.75) is 6.92 Å². The lowest BCUT2D eigenvalue weighted by Crippen LogP contribution is -2.07. The van der Waals surface area contributed by atoms with Crippen LogP contribution >= 0.6 is 11.5 Å². The van der Waals surface area contributed by atoms with Gasteiger partial charge < -0.3 is 4.74 Å². The van der Waals surface area contributed by atoms with Crippen LogP contribution < -0.4 is 5.43 Å². The van der Waals surface area contributed by atoms with Crippen LogP contribution in [0.25, 0.3) is 0 Å². The van der Waals surface area contributed by atoms with Crippen molar-refractivity contribution in [3.05, 3.63) is 41.3 Å². The van der Waals surface area contributed by atoms with Crippen LogP contribution in [-0.2, 0) is 4.74 Å². The minimum absolute atomic E-state index is 0.0771. The zero-order chi connectivity index (χ0) is 14.4. The number of rotatable bonds is 5. The molecule has 0 aliphatic rings. The van der Waals surface area contributed by atoms with Crippen LogP contribution in [-0.4, -0.2) is 28.4 Å². The Hall–Kier alpha value is -2.35. The summed E-state index contributed by atoms with van der Waals surface area (Å²) in [5.74, 6) is -0.912. The van der Waals surface area contributed by atoms with Gasteiger partial charge in [0.2, 0.25) is 5.69 Å². The molecule has 104 valence electrons. The number of ether oxygens (including phenoxy) is 1. The molecule has 1 aromatic carbocycles. The second kappa shape index (κ2) is 6.71. The van der Waals surface area contributed by atoms with E-state index >= 15 is 0 Å². The van der Waals surface area contributed by atoms with E-state index in [0.29, 0.717) is 10.6 Å². The number of anilines is 1. The minimum atomic E-state index is -0.565. The first-order chi connectivity index (χ1) is 9.70. The molecule has 0 atom stereocenters. The van der Waals surface area contributed by atoms with Gasteiger partial charge in [-0.25, -0.2) is 9.18 Å². The van der Waals surface area contributed by atoms with E-state index in [4.69, 9.17) is 4.74 Å². The molecule has 0 radical (unpaired) electrons. The summed E-state index contributed by atoms with van der Waals surface area (Å²) in [5.41, 5.74) is 3.31. The molecule has 2 aromatic rings. The van der Waals surface area contributed by atoms with Crippen molar-refractivity contribution < 1.29 is 13.9 Å². The summed E-state index contributed by atoms with van der Waals surface area (Å²) in [6.45, 7) is 1.95. The molecule has 1 heterocycles. The van der Waals surface area contributed by atoms with Crippen molar-refractivity contribution in [1.82, 2.24) is 9.59 Å². The van der Waals surface area contributed by atoms with Gasteiger partial charge in [-0.05, 0) is 24.6 Å². The molecule has 20 heavy (non-hydrogen) atoms. The highest BCUT2D eigenvalue weighted by Gasteiger charge is 2.17. The van der Waals surface area contributed by atoms with Gasteiger partial charge in [-0.2, -0.15) is 5.10 Å². The highest BCUT2D eigenvalue weighted by atomic mass is 32.1. The molecule has 8 heteroatoms. The lowest BCUT2D eigenvalue weighted by Gasteiger charge is -2.00. The summed E-state index contributed by atoms with van der Waals surface area (Å²) >= 11 is 0.981. The van der Waals surface area contributed by atoms with E-state index < -0.39 is 5.97 Å². The second-order valence-electron chi connectivity index (χ2n) is 3.60. The first-order valence-electron chi connectivity index (χ1n) is 5.75. The zero-order valence-electron chi connectivity index (χ0n) is 10.5. The Kier molecular flexibility index (Phi) is 4.72. The predicted molar refractivity (Wildman–Crippen MR) is 73.5 cm³/mol. The molecule has 1 N–H and O–H groups in total. The van der Waals surface area contributed by atoms with E-state index in [1.165, 1.54) is 18.3 Å². The maximum atomic E-state index is 13.0. The Balaban J connectivity index is 2.04. The molecule has 6 nitrogen and oxygen atoms in total. The van der Waals surface area contributed by atoms with Gasteiger partial charge in [0.1, 0.15) is 5.82 Å². The molecule has 0 saturated heterocycles. The van der Waals surface area contributed by atoms with E-state index in [0.717, 1.165) is 11.5 Å². The molecule has 0 amide bonds. The van der Waals surface area contributed by atoms with Crippen LogP contribution in [0.15, 0.2) is 29.4 Å². The fraction of sp³-hybridized carbons (Fsp3) is 0.167. The van der Waals surface area contributed by atoms with Gasteiger partial charge in [0.05, 0.1) is 12.8 Å². The number of carbonyl (C=O) groups excluding carboxylic acids is 1. The molecular weight excluding hydrogens is 283 g/mol. The lowest BCUT2D eigenvalue weighted by molar-refractivity contribution is 0.0520. The maximum Gasteiger partial charge on any atom is 0.362 e. The second-order valence-corrected chi connectivity index (χ2v) is 4.35. The summed E-state index contributed by atoms with van der Waals surface area (Å²) < 4.78 is 21.5. The Bertz CT molecular complexity index is 629. The van der Waals surface area contributed by atoms with Crippen LogP contribution in [0.4, 0.5) is 9.39 Å². The van der Waals surface area contributed by atoms with Crippen LogP contribution in [0.5, 0.6) is 0 Å². The van der Waals surface area contributed by atoms with E-state index in [1.807, 2.05) is 0 Å². The third-order valence-electron chi connectivity index (χ3n) is 2.19. The van der Waals surface area contributed by atoms with Gasteiger partial charge in [0.25, 0.3) is 0 Å². The van der Waals surface area contributed by atoms with Gasteiger partial charge in [-0.15, -0.1) is 5.10 Å². The van der Waals surface area contributed by atoms with Crippen LogP contribution in [0, 0.1) is 5.82 Å². The van der Waals surface area contributed by atoms with E-state index in [-0.39, 0.29) is 18.1 Å². The lowest BCUT2D eigenvalue weighted by atomic mass is 10.2. The Morgan fingerprint density at radius 3 is 3.20 bits per heavy atom. The van der Waals surface area contributed by atoms with E-state index in [9.17, 15) is 9.18 Å². The summed E-state index contributed by atoms with van der Waals surface area (Å²) in [6.07, 6.45) is 1.43. The molecule has 0 fully saturated rings. The number of carbonyl (C=O) groups is 1. The van der Waals surface area contributed by atoms with Crippen molar-refractivity contribution in [3.63, 3.8) is 0 Å². The maximum absolute atomic E-state index is 13.0. The first-order valence-corrected chi connectivity index (χ1v) is 6.52. The van der Waals surface area contributed by atoms with Gasteiger partial charge in [0, 0.05) is 11.5 Å². The standard InChI is InChI=1S/C12H11FN4O2S/c1-2-19-12(18)10-11(20-17-15-10)16-14-7-8-4-3-5-9(13)6-8/h3-7,16H,2H2,1H3. The number of hydrazone groups is 1. The highest BCUT2D eigenvalue weighted by Crippen LogP contribution is 2.18. The molecule has 0 saturated carbocycles. The monoisotopic (exact) mass is 294 g/mol. The molecule has 0 unspecified atom stereocenters. The average molecular weight is 294 g/mol. The molecule has 0 aliphatic heterocycles. The minimum Gasteiger partial charge on any atom is -0.461 e. The Morgan fingerprint density at radius 2 is 2.45 bits per heavy atom. The topological polar surface area (TPSA) is 76.5 Å². The number of nitrogens with zero attached hydrogens (tertiary/aromatic N) is 3. The van der Waals surface area contributed by atoms with Crippen LogP contribution in [0.3, 0.4) is 0 Å². The molecule has 1 aromatic heterocycles. The quantitative estimate of drug-likeness (QED) is 0.520. The first kappa shape index (κ1) is 14.1. The summed E-state index contributed by atoms with van der Waals surface area (Å²) in [7, 11) is 0. The number of hydrogen-bond acceptors (Lipinski definition) is 7. The third kappa shape index (κ3) is 3.58. The van der Waals surface area contributed by atoms with Gasteiger partial charge in [0.15, 0.2) is 5.00 Å². The molecule has 0 aliphatic carbocycles. The highest BCUT2D eigenvalue weighted by molar-refractivity contribution is 7.10. The van der Waals surface area contributed by atoms with E-state index in [1.54, 1.807) is 19.1 Å². The van der Waals surface area contributed by atoms with Gasteiger partial charge in [-0.3, -0.25) is 5.43 Å². The average Bonchev–Trinajstić information content (AvgIpc) is 2.87. The van der Waals surface area contributed by atoms with E-state index in [2.05, 4.69) is 20.1 Å². The largest absolute Gasteiger partial charge is 0.461 e.